The molecule has 1 heterocycles. The average molecular weight is 288 g/mol. The first-order valence-corrected chi connectivity index (χ1v) is 6.55. The first-order chi connectivity index (χ1) is 10.0. The van der Waals surface area contributed by atoms with E-state index in [0.717, 1.165) is 0 Å². The van der Waals surface area contributed by atoms with Crippen molar-refractivity contribution in [3.63, 3.8) is 0 Å². The van der Waals surface area contributed by atoms with E-state index in [1.54, 1.807) is 38.2 Å². The van der Waals surface area contributed by atoms with Crippen molar-refractivity contribution in [3.05, 3.63) is 40.2 Å². The highest BCUT2D eigenvalue weighted by Gasteiger charge is 2.16. The number of hydrogen-bond donors (Lipinski definition) is 2. The molecular weight excluding hydrogens is 272 g/mol. The molecule has 0 spiro atoms. The molecule has 1 aromatic heterocycles. The maximum atomic E-state index is 12.3. The number of aromatic nitrogens is 2. The van der Waals surface area contributed by atoms with Crippen LogP contribution in [-0.4, -0.2) is 34.7 Å². The molecule has 7 nitrogen and oxygen atoms in total. The van der Waals surface area contributed by atoms with E-state index in [4.69, 9.17) is 0 Å². The Labute approximate surface area is 121 Å². The van der Waals surface area contributed by atoms with Crippen LogP contribution in [0.15, 0.2) is 29.1 Å². The Hall–Kier alpha value is -2.70. The number of para-hydroxylation sites is 1. The lowest BCUT2D eigenvalue weighted by Crippen LogP contribution is -2.39. The number of carbonyl (C=O) groups is 2. The van der Waals surface area contributed by atoms with Gasteiger partial charge in [0.2, 0.25) is 11.3 Å². The van der Waals surface area contributed by atoms with Gasteiger partial charge in [-0.25, -0.2) is 0 Å². The predicted molar refractivity (Wildman–Crippen MR) is 78.0 cm³/mol. The van der Waals surface area contributed by atoms with Crippen LogP contribution in [0, 0.1) is 0 Å². The fourth-order valence-corrected chi connectivity index (χ4v) is 1.98. The third-order valence-electron chi connectivity index (χ3n) is 2.96. The second-order valence-electron chi connectivity index (χ2n) is 4.45. The number of hydrogen-bond acceptors (Lipinski definition) is 4. The number of fused-ring (bicyclic) bond motifs is 1. The molecule has 0 aliphatic rings. The van der Waals surface area contributed by atoms with E-state index in [1.807, 2.05) is 0 Å². The van der Waals surface area contributed by atoms with Crippen LogP contribution in [0.25, 0.3) is 10.9 Å². The highest BCUT2D eigenvalue weighted by molar-refractivity contribution is 5.97. The summed E-state index contributed by atoms with van der Waals surface area (Å²) < 4.78 is 1.47. The highest BCUT2D eigenvalue weighted by Crippen LogP contribution is 2.07. The van der Waals surface area contributed by atoms with Crippen molar-refractivity contribution in [1.29, 1.82) is 0 Å². The van der Waals surface area contributed by atoms with Crippen LogP contribution in [-0.2, 0) is 11.8 Å². The molecule has 21 heavy (non-hydrogen) atoms. The third-order valence-corrected chi connectivity index (χ3v) is 2.96. The number of aryl methyl sites for hydroxylation is 1. The van der Waals surface area contributed by atoms with Crippen molar-refractivity contribution >= 4 is 22.7 Å². The van der Waals surface area contributed by atoms with Crippen molar-refractivity contribution in [2.75, 3.05) is 13.1 Å². The average Bonchev–Trinajstić information content (AvgIpc) is 2.49. The lowest BCUT2D eigenvalue weighted by molar-refractivity contribution is -0.120. The van der Waals surface area contributed by atoms with Crippen molar-refractivity contribution in [2.24, 2.45) is 7.05 Å². The van der Waals surface area contributed by atoms with E-state index < -0.39 is 11.3 Å². The number of nitrogens with one attached hydrogen (secondary N) is 2. The van der Waals surface area contributed by atoms with Gasteiger partial charge in [-0.2, -0.15) is 5.10 Å². The molecular formula is C14H16N4O3. The first kappa shape index (κ1) is 14.7. The van der Waals surface area contributed by atoms with Gasteiger partial charge in [-0.1, -0.05) is 12.1 Å². The summed E-state index contributed by atoms with van der Waals surface area (Å²) in [5.74, 6) is -0.976. The molecule has 0 unspecified atom stereocenters. The first-order valence-electron chi connectivity index (χ1n) is 6.55. The molecule has 1 aromatic carbocycles. The summed E-state index contributed by atoms with van der Waals surface area (Å²) in [6.07, 6.45) is 0. The largest absolute Gasteiger partial charge is 0.355 e. The Morgan fingerprint density at radius 3 is 2.67 bits per heavy atom. The number of carbonyl (C=O) groups excluding carboxylic acids is 2. The monoisotopic (exact) mass is 288 g/mol. The maximum absolute atomic E-state index is 12.3. The zero-order valence-corrected chi connectivity index (χ0v) is 11.8. The summed E-state index contributed by atoms with van der Waals surface area (Å²) in [4.78, 5) is 35.6. The SMILES string of the molecule is CCNC(=O)CNC(=O)c1nn(C)c2ccccc2c1=O. The van der Waals surface area contributed by atoms with Crippen LogP contribution in [0.2, 0.25) is 0 Å². The molecule has 0 atom stereocenters. The van der Waals surface area contributed by atoms with Crippen LogP contribution < -0.4 is 16.1 Å². The van der Waals surface area contributed by atoms with E-state index in [1.165, 1.54) is 4.68 Å². The topological polar surface area (TPSA) is 93.1 Å². The van der Waals surface area contributed by atoms with Gasteiger partial charge < -0.3 is 10.6 Å². The summed E-state index contributed by atoms with van der Waals surface area (Å²) >= 11 is 0. The lowest BCUT2D eigenvalue weighted by Gasteiger charge is -2.08. The number of benzene rings is 1. The summed E-state index contributed by atoms with van der Waals surface area (Å²) in [6, 6.07) is 6.90. The van der Waals surface area contributed by atoms with Gasteiger partial charge in [0.25, 0.3) is 5.91 Å². The van der Waals surface area contributed by atoms with Gasteiger partial charge >= 0.3 is 0 Å². The van der Waals surface area contributed by atoms with Gasteiger partial charge in [0.05, 0.1) is 12.1 Å². The number of likely N-dealkylation sites (N-methyl/N-ethyl adjacent to an activating group) is 1. The van der Waals surface area contributed by atoms with Crippen LogP contribution in [0.1, 0.15) is 17.4 Å². The minimum atomic E-state index is -0.660. The quantitative estimate of drug-likeness (QED) is 0.814. The van der Waals surface area contributed by atoms with Crippen molar-refractivity contribution in [1.82, 2.24) is 20.4 Å². The Bertz CT molecular complexity index is 751. The van der Waals surface area contributed by atoms with E-state index in [2.05, 4.69) is 15.7 Å². The molecule has 110 valence electrons. The number of nitrogens with zero attached hydrogens (tertiary/aromatic N) is 2. The fraction of sp³-hybridized carbons (Fsp3) is 0.286. The van der Waals surface area contributed by atoms with Crippen LogP contribution >= 0.6 is 0 Å². The smallest absolute Gasteiger partial charge is 0.276 e. The predicted octanol–water partition coefficient (Wildman–Crippen LogP) is -0.201. The Kier molecular flexibility index (Phi) is 4.32. The second-order valence-corrected chi connectivity index (χ2v) is 4.45. The number of rotatable bonds is 4. The summed E-state index contributed by atoms with van der Waals surface area (Å²) in [7, 11) is 1.66. The molecule has 2 aromatic rings. The van der Waals surface area contributed by atoms with Crippen LogP contribution in [0.3, 0.4) is 0 Å². The zero-order valence-electron chi connectivity index (χ0n) is 11.8. The third kappa shape index (κ3) is 3.07. The highest BCUT2D eigenvalue weighted by atomic mass is 16.2. The van der Waals surface area contributed by atoms with Crippen LogP contribution in [0.5, 0.6) is 0 Å². The molecule has 2 amide bonds. The summed E-state index contributed by atoms with van der Waals surface area (Å²) in [5.41, 5.74) is -0.0274. The zero-order chi connectivity index (χ0) is 15.4. The van der Waals surface area contributed by atoms with Crippen LogP contribution in [0.4, 0.5) is 0 Å². The number of amides is 2. The minimum absolute atomic E-state index is 0.190. The fourth-order valence-electron chi connectivity index (χ4n) is 1.98. The lowest BCUT2D eigenvalue weighted by atomic mass is 10.2. The van der Waals surface area contributed by atoms with Crippen molar-refractivity contribution in [2.45, 2.75) is 6.92 Å². The van der Waals surface area contributed by atoms with E-state index in [0.29, 0.717) is 17.4 Å². The molecule has 0 fully saturated rings. The Balaban J connectivity index is 2.30. The van der Waals surface area contributed by atoms with Crippen molar-refractivity contribution < 1.29 is 9.59 Å². The minimum Gasteiger partial charge on any atom is -0.355 e. The van der Waals surface area contributed by atoms with Gasteiger partial charge in [-0.15, -0.1) is 0 Å². The summed E-state index contributed by atoms with van der Waals surface area (Å²) in [6.45, 7) is 2.06. The molecule has 0 aliphatic heterocycles. The second kappa shape index (κ2) is 6.17. The van der Waals surface area contributed by atoms with E-state index in [-0.39, 0.29) is 18.1 Å². The molecule has 0 aliphatic carbocycles. The summed E-state index contributed by atoms with van der Waals surface area (Å²) in [5, 5.41) is 9.34. The molecule has 0 saturated carbocycles. The maximum Gasteiger partial charge on any atom is 0.276 e. The molecule has 0 radical (unpaired) electrons. The normalized spacial score (nSPS) is 10.4. The van der Waals surface area contributed by atoms with Gasteiger partial charge in [0, 0.05) is 19.0 Å². The van der Waals surface area contributed by atoms with Gasteiger partial charge in [-0.3, -0.25) is 19.1 Å². The molecule has 2 rings (SSSR count). The van der Waals surface area contributed by atoms with E-state index in [9.17, 15) is 14.4 Å². The Morgan fingerprint density at radius 1 is 1.24 bits per heavy atom. The van der Waals surface area contributed by atoms with Gasteiger partial charge in [0.15, 0.2) is 5.69 Å². The molecule has 7 heteroatoms. The van der Waals surface area contributed by atoms with Crippen molar-refractivity contribution in [3.8, 4) is 0 Å². The molecule has 0 saturated heterocycles. The van der Waals surface area contributed by atoms with Gasteiger partial charge in [-0.05, 0) is 19.1 Å². The molecule has 0 bridgehead atoms. The standard InChI is InChI=1S/C14H16N4O3/c1-3-15-11(19)8-16-14(21)12-13(20)9-6-4-5-7-10(9)18(2)17-12/h4-7H,3,8H2,1-2H3,(H,15,19)(H,16,21). The van der Waals surface area contributed by atoms with Gasteiger partial charge in [0.1, 0.15) is 0 Å². The molecule has 2 N–H and O–H groups in total. The Morgan fingerprint density at radius 2 is 1.95 bits per heavy atom. The van der Waals surface area contributed by atoms with E-state index >= 15 is 0 Å².